The van der Waals surface area contributed by atoms with Crippen LogP contribution in [0.3, 0.4) is 0 Å². The number of benzene rings is 1. The predicted octanol–water partition coefficient (Wildman–Crippen LogP) is 3.13. The maximum absolute atomic E-state index is 13.0. The Morgan fingerprint density at radius 1 is 1.19 bits per heavy atom. The molecule has 37 heavy (non-hydrogen) atoms. The van der Waals surface area contributed by atoms with E-state index in [1.54, 1.807) is 27.7 Å². The van der Waals surface area contributed by atoms with E-state index >= 15 is 0 Å². The van der Waals surface area contributed by atoms with Crippen LogP contribution in [0.2, 0.25) is 0 Å². The molecule has 2 heterocycles. The highest BCUT2D eigenvalue weighted by Crippen LogP contribution is 2.25. The first kappa shape index (κ1) is 28.5. The second-order valence-electron chi connectivity index (χ2n) is 8.90. The first-order valence-corrected chi connectivity index (χ1v) is 14.2. The third kappa shape index (κ3) is 6.08. The number of carbonyl (C=O) groups is 2. The largest absolute Gasteiger partial charge is 0.456 e. The van der Waals surface area contributed by atoms with E-state index in [9.17, 15) is 22.8 Å². The molecule has 0 spiro atoms. The minimum Gasteiger partial charge on any atom is -0.456 e. The lowest BCUT2D eigenvalue weighted by Gasteiger charge is -2.21. The van der Waals surface area contributed by atoms with Crippen molar-refractivity contribution in [3.05, 3.63) is 56.4 Å². The molecule has 0 fully saturated rings. The van der Waals surface area contributed by atoms with Crippen molar-refractivity contribution in [3.8, 4) is 0 Å². The number of carbonyl (C=O) groups excluding carboxylic acids is 2. The molecule has 1 atom stereocenters. The van der Waals surface area contributed by atoms with Gasteiger partial charge in [-0.15, -0.1) is 11.3 Å². The molecule has 0 saturated heterocycles. The first-order valence-electron chi connectivity index (χ1n) is 12.0. The standard InChI is InChI=1S/C25H32N4O6S2/c1-7-29(8-2)37(33,34)18-11-9-10-17(12-18)22(30)28-21(14(3)4)25(32)35-13-19-26-23(31)20-15(5)16(6)36-24(20)27-19/h9-12,14,21H,7-8,13H2,1-6H3,(H,28,30)(H,26,27,31)/t21-/m1/s1. The zero-order chi connectivity index (χ0) is 27.5. The van der Waals surface area contributed by atoms with Crippen LogP contribution in [-0.4, -0.2) is 53.7 Å². The van der Waals surface area contributed by atoms with Gasteiger partial charge in [-0.1, -0.05) is 33.8 Å². The molecule has 200 valence electrons. The molecule has 3 rings (SSSR count). The highest BCUT2D eigenvalue weighted by Gasteiger charge is 2.28. The maximum Gasteiger partial charge on any atom is 0.329 e. The minimum absolute atomic E-state index is 0.00278. The Bertz CT molecular complexity index is 1470. The Morgan fingerprint density at radius 2 is 1.86 bits per heavy atom. The SMILES string of the molecule is CCN(CC)S(=O)(=O)c1cccc(C(=O)N[C@@H](C(=O)OCc2nc3sc(C)c(C)c3c(=O)[nH]2)C(C)C)c1. The van der Waals surface area contributed by atoms with Gasteiger partial charge in [0.1, 0.15) is 23.3 Å². The van der Waals surface area contributed by atoms with Gasteiger partial charge in [0.25, 0.3) is 11.5 Å². The molecule has 0 unspecified atom stereocenters. The van der Waals surface area contributed by atoms with Crippen LogP contribution in [0.4, 0.5) is 0 Å². The fraction of sp³-hybridized carbons (Fsp3) is 0.440. The summed E-state index contributed by atoms with van der Waals surface area (Å²) in [6, 6.07) is 4.69. The Hall–Kier alpha value is -3.09. The number of aromatic amines is 1. The van der Waals surface area contributed by atoms with E-state index in [2.05, 4.69) is 15.3 Å². The molecule has 2 N–H and O–H groups in total. The summed E-state index contributed by atoms with van der Waals surface area (Å²) >= 11 is 1.39. The van der Waals surface area contributed by atoms with Gasteiger partial charge in [0.2, 0.25) is 10.0 Å². The van der Waals surface area contributed by atoms with Crippen molar-refractivity contribution in [2.45, 2.75) is 59.1 Å². The first-order chi connectivity index (χ1) is 17.4. The van der Waals surface area contributed by atoms with Gasteiger partial charge >= 0.3 is 5.97 Å². The van der Waals surface area contributed by atoms with Crippen molar-refractivity contribution in [1.82, 2.24) is 19.6 Å². The van der Waals surface area contributed by atoms with Crippen LogP contribution in [-0.2, 0) is 26.2 Å². The van der Waals surface area contributed by atoms with Crippen LogP contribution in [0.1, 0.15) is 54.3 Å². The molecule has 0 aliphatic rings. The highest BCUT2D eigenvalue weighted by molar-refractivity contribution is 7.89. The number of thiophene rings is 1. The summed E-state index contributed by atoms with van der Waals surface area (Å²) in [6.07, 6.45) is 0. The Balaban J connectivity index is 1.75. The summed E-state index contributed by atoms with van der Waals surface area (Å²) in [5, 5.41) is 3.17. The molecule has 0 aliphatic carbocycles. The number of hydrogen-bond acceptors (Lipinski definition) is 8. The second kappa shape index (κ2) is 11.5. The summed E-state index contributed by atoms with van der Waals surface area (Å²) in [4.78, 5) is 46.9. The van der Waals surface area contributed by atoms with Crippen LogP contribution in [0.5, 0.6) is 0 Å². The van der Waals surface area contributed by atoms with Crippen LogP contribution in [0.25, 0.3) is 10.2 Å². The molecule has 12 heteroatoms. The topological polar surface area (TPSA) is 139 Å². The van der Waals surface area contributed by atoms with E-state index in [-0.39, 0.29) is 34.4 Å². The number of aromatic nitrogens is 2. The van der Waals surface area contributed by atoms with E-state index in [1.165, 1.54) is 39.9 Å². The molecule has 1 amide bonds. The number of sulfonamides is 1. The van der Waals surface area contributed by atoms with E-state index in [4.69, 9.17) is 4.74 Å². The van der Waals surface area contributed by atoms with Crippen LogP contribution in [0.15, 0.2) is 34.0 Å². The quantitative estimate of drug-likeness (QED) is 0.371. The Labute approximate surface area is 220 Å². The van der Waals surface area contributed by atoms with Crippen molar-refractivity contribution in [2.24, 2.45) is 5.92 Å². The fourth-order valence-corrected chi connectivity index (χ4v) is 6.38. The van der Waals surface area contributed by atoms with Crippen LogP contribution in [0, 0.1) is 19.8 Å². The average molecular weight is 549 g/mol. The summed E-state index contributed by atoms with van der Waals surface area (Å²) < 4.78 is 32.4. The number of H-pyrrole nitrogens is 1. The fourth-order valence-electron chi connectivity index (χ4n) is 3.83. The third-order valence-corrected chi connectivity index (χ3v) is 9.23. The lowest BCUT2D eigenvalue weighted by molar-refractivity contribution is -0.148. The molecule has 0 bridgehead atoms. The number of nitrogens with one attached hydrogen (secondary N) is 2. The normalized spacial score (nSPS) is 12.8. The molecule has 0 radical (unpaired) electrons. The molecule has 3 aromatic rings. The monoisotopic (exact) mass is 548 g/mol. The molecular weight excluding hydrogens is 516 g/mol. The Morgan fingerprint density at radius 3 is 2.49 bits per heavy atom. The van der Waals surface area contributed by atoms with Crippen molar-refractivity contribution < 1.29 is 22.7 Å². The third-order valence-electron chi connectivity index (χ3n) is 6.09. The van der Waals surface area contributed by atoms with Gasteiger partial charge in [-0.2, -0.15) is 4.31 Å². The summed E-state index contributed by atoms with van der Waals surface area (Å²) in [6.45, 7) is 11.1. The van der Waals surface area contributed by atoms with E-state index in [0.29, 0.717) is 23.3 Å². The number of ether oxygens (including phenoxy) is 1. The van der Waals surface area contributed by atoms with Gasteiger partial charge in [0.15, 0.2) is 0 Å². The molecular formula is C25H32N4O6S2. The molecule has 0 aliphatic heterocycles. The number of hydrogen-bond donors (Lipinski definition) is 2. The second-order valence-corrected chi connectivity index (χ2v) is 12.0. The van der Waals surface area contributed by atoms with Crippen molar-refractivity contribution >= 4 is 43.5 Å². The number of nitrogens with zero attached hydrogens (tertiary/aromatic N) is 2. The summed E-state index contributed by atoms with van der Waals surface area (Å²) in [5.41, 5.74) is 0.673. The summed E-state index contributed by atoms with van der Waals surface area (Å²) in [5.74, 6) is -1.42. The lowest BCUT2D eigenvalue weighted by Crippen LogP contribution is -2.45. The van der Waals surface area contributed by atoms with Crippen molar-refractivity contribution in [2.75, 3.05) is 13.1 Å². The van der Waals surface area contributed by atoms with E-state index in [1.807, 2.05) is 13.8 Å². The smallest absolute Gasteiger partial charge is 0.329 e. The zero-order valence-corrected chi connectivity index (χ0v) is 23.4. The number of amides is 1. The summed E-state index contributed by atoms with van der Waals surface area (Å²) in [7, 11) is -3.75. The van der Waals surface area contributed by atoms with E-state index < -0.39 is 27.9 Å². The Kier molecular flexibility index (Phi) is 8.88. The highest BCUT2D eigenvalue weighted by atomic mass is 32.2. The van der Waals surface area contributed by atoms with Crippen LogP contribution >= 0.6 is 11.3 Å². The average Bonchev–Trinajstić information content (AvgIpc) is 3.14. The number of esters is 1. The van der Waals surface area contributed by atoms with E-state index in [0.717, 1.165) is 10.4 Å². The predicted molar refractivity (Wildman–Crippen MR) is 142 cm³/mol. The number of fused-ring (bicyclic) bond motifs is 1. The van der Waals surface area contributed by atoms with Gasteiger partial charge in [-0.3, -0.25) is 9.59 Å². The number of aryl methyl sites for hydroxylation is 2. The van der Waals surface area contributed by atoms with Gasteiger partial charge in [0, 0.05) is 23.5 Å². The van der Waals surface area contributed by atoms with Gasteiger partial charge in [-0.05, 0) is 43.5 Å². The molecule has 1 aromatic carbocycles. The van der Waals surface area contributed by atoms with Gasteiger partial charge in [-0.25, -0.2) is 18.2 Å². The molecule has 10 nitrogen and oxygen atoms in total. The molecule has 0 saturated carbocycles. The maximum atomic E-state index is 13.0. The minimum atomic E-state index is -3.75. The zero-order valence-electron chi connectivity index (χ0n) is 21.7. The lowest BCUT2D eigenvalue weighted by atomic mass is 10.0. The van der Waals surface area contributed by atoms with Crippen LogP contribution < -0.4 is 10.9 Å². The van der Waals surface area contributed by atoms with Crippen molar-refractivity contribution in [3.63, 3.8) is 0 Å². The van der Waals surface area contributed by atoms with Gasteiger partial charge in [0.05, 0.1) is 10.3 Å². The number of rotatable bonds is 10. The van der Waals surface area contributed by atoms with Crippen molar-refractivity contribution in [1.29, 1.82) is 0 Å². The van der Waals surface area contributed by atoms with Gasteiger partial charge < -0.3 is 15.0 Å². The molecule has 2 aromatic heterocycles.